The van der Waals surface area contributed by atoms with Gasteiger partial charge in [-0.1, -0.05) is 43.5 Å². The smallest absolute Gasteiger partial charge is 0.272 e. The quantitative estimate of drug-likeness (QED) is 0.189. The lowest BCUT2D eigenvalue weighted by Crippen LogP contribution is -2.55. The van der Waals surface area contributed by atoms with Crippen molar-refractivity contribution < 1.29 is 33.1 Å². The summed E-state index contributed by atoms with van der Waals surface area (Å²) in [5.41, 5.74) is 2.57. The molecule has 0 radical (unpaired) electrons. The molecule has 16 nitrogen and oxygen atoms in total. The number of piperidine rings is 2. The van der Waals surface area contributed by atoms with Crippen molar-refractivity contribution in [2.45, 2.75) is 95.3 Å². The fourth-order valence-electron chi connectivity index (χ4n) is 11.5. The maximum Gasteiger partial charge on any atom is 0.272 e. The molecule has 5 heterocycles. The Hall–Kier alpha value is -6.20. The largest absolute Gasteiger partial charge is 0.375 e. The molecule has 6 fully saturated rings. The van der Waals surface area contributed by atoms with Gasteiger partial charge >= 0.3 is 0 Å². The van der Waals surface area contributed by atoms with Crippen LogP contribution in [0.1, 0.15) is 103 Å². The van der Waals surface area contributed by atoms with Gasteiger partial charge in [0.1, 0.15) is 11.9 Å². The van der Waals surface area contributed by atoms with Crippen molar-refractivity contribution in [3.63, 3.8) is 0 Å². The third-order valence-electron chi connectivity index (χ3n) is 16.0. The fourth-order valence-corrected chi connectivity index (χ4v) is 11.5. The van der Waals surface area contributed by atoms with Crippen LogP contribution < -0.4 is 15.8 Å². The number of fused-ring (bicyclic) bond motifs is 1. The standard InChI is InChI=1S/C55H68FN9O7/c56-47-17-10-37(35-48-44-8-4-5-9-45(44)52(68)59-58-48)34-46(47)54(70)65-32-28-62(29-33-65)49(66)36-60-22-18-42(19-23-60)72-43-20-24-63(25-21-43)55(71)50(38-6-2-1-3-7-38)57-51(67)39-13-15-41(16-14-39)61-26-30-64(31-27-61)53(69)40-11-12-40/h4-5,8-10,13-17,34,38,40,42-43,50H,1-3,6-7,11-12,18-33,35-36H2,(H,57,67)(H,59,68)/t50-/m1/s1. The van der Waals surface area contributed by atoms with Crippen LogP contribution in [-0.4, -0.2) is 168 Å². The Bertz CT molecular complexity index is 2660. The zero-order valence-corrected chi connectivity index (χ0v) is 41.3. The first-order valence-electron chi connectivity index (χ1n) is 26.5. The number of carbonyl (C=O) groups is 5. The van der Waals surface area contributed by atoms with Crippen LogP contribution in [0, 0.1) is 17.7 Å². The van der Waals surface area contributed by atoms with Crippen molar-refractivity contribution in [1.82, 2.24) is 40.0 Å². The van der Waals surface area contributed by atoms with Gasteiger partial charge in [0.2, 0.25) is 17.7 Å². The van der Waals surface area contributed by atoms with Gasteiger partial charge in [0.25, 0.3) is 17.4 Å². The number of hydrogen-bond donors (Lipinski definition) is 2. The van der Waals surface area contributed by atoms with Gasteiger partial charge in [-0.25, -0.2) is 9.49 Å². The van der Waals surface area contributed by atoms with Gasteiger partial charge in [-0.2, -0.15) is 5.10 Å². The van der Waals surface area contributed by atoms with E-state index < -0.39 is 17.8 Å². The highest BCUT2D eigenvalue weighted by molar-refractivity contribution is 5.98. The lowest BCUT2D eigenvalue weighted by Gasteiger charge is -2.40. The molecule has 2 N–H and O–H groups in total. The number of nitrogens with zero attached hydrogens (tertiary/aromatic N) is 7. The Morgan fingerprint density at radius 3 is 2.00 bits per heavy atom. The third-order valence-corrected chi connectivity index (χ3v) is 16.0. The van der Waals surface area contributed by atoms with Gasteiger partial charge in [0.15, 0.2) is 0 Å². The van der Waals surface area contributed by atoms with Crippen LogP contribution in [0.3, 0.4) is 0 Å². The Balaban J connectivity index is 0.645. The highest BCUT2D eigenvalue weighted by Gasteiger charge is 2.38. The lowest BCUT2D eigenvalue weighted by molar-refractivity contribution is -0.140. The molecule has 3 aromatic carbocycles. The second kappa shape index (κ2) is 22.3. The predicted octanol–water partition coefficient (Wildman–Crippen LogP) is 4.85. The second-order valence-corrected chi connectivity index (χ2v) is 20.8. The first-order chi connectivity index (χ1) is 35.0. The Kier molecular flexibility index (Phi) is 15.3. The number of H-pyrrole nitrogens is 1. The number of anilines is 1. The number of halogens is 1. The maximum atomic E-state index is 15.1. The topological polar surface area (TPSA) is 172 Å². The number of aromatic amines is 1. The molecule has 382 valence electrons. The first-order valence-corrected chi connectivity index (χ1v) is 26.5. The van der Waals surface area contributed by atoms with E-state index in [4.69, 9.17) is 4.74 Å². The van der Waals surface area contributed by atoms with Gasteiger partial charge < -0.3 is 34.6 Å². The summed E-state index contributed by atoms with van der Waals surface area (Å²) >= 11 is 0. The van der Waals surface area contributed by atoms with Gasteiger partial charge in [-0.05, 0) is 105 Å². The van der Waals surface area contributed by atoms with Gasteiger partial charge in [-0.3, -0.25) is 33.7 Å². The minimum Gasteiger partial charge on any atom is -0.375 e. The van der Waals surface area contributed by atoms with Crippen LogP contribution in [-0.2, 0) is 25.5 Å². The number of nitrogens with one attached hydrogen (secondary N) is 2. The first kappa shape index (κ1) is 49.4. The average Bonchev–Trinajstić information content (AvgIpc) is 4.28. The van der Waals surface area contributed by atoms with E-state index in [2.05, 4.69) is 25.3 Å². The summed E-state index contributed by atoms with van der Waals surface area (Å²) < 4.78 is 21.7. The highest BCUT2D eigenvalue weighted by Crippen LogP contribution is 2.32. The molecule has 0 bridgehead atoms. The minimum atomic E-state index is -0.612. The SMILES string of the molecule is O=C(N[C@@H](C(=O)N1CCC(OC2CCN(CC(=O)N3CCN(C(=O)c4cc(Cc5n[nH]c(=O)c6ccccc56)ccc4F)CC3)CC2)CC1)C1CCCCC1)c1ccc(N2CCN(C(=O)C3CC3)CC2)cc1. The van der Waals surface area contributed by atoms with Gasteiger partial charge in [0.05, 0.1) is 35.4 Å². The molecule has 5 amide bonds. The molecule has 1 aromatic heterocycles. The Morgan fingerprint density at radius 1 is 0.681 bits per heavy atom. The van der Waals surface area contributed by atoms with Crippen LogP contribution in [0.2, 0.25) is 0 Å². The van der Waals surface area contributed by atoms with E-state index in [9.17, 15) is 28.8 Å². The number of carbonyl (C=O) groups excluding carboxylic acids is 5. The van der Waals surface area contributed by atoms with E-state index in [-0.39, 0.29) is 59.4 Å². The Labute approximate surface area is 420 Å². The summed E-state index contributed by atoms with van der Waals surface area (Å²) in [6.45, 7) is 7.23. The fraction of sp³-hybridized carbons (Fsp3) is 0.545. The molecule has 4 saturated heterocycles. The van der Waals surface area contributed by atoms with E-state index >= 15 is 4.39 Å². The average molecular weight is 986 g/mol. The maximum absolute atomic E-state index is 15.1. The monoisotopic (exact) mass is 986 g/mol. The number of rotatable bonds is 13. The zero-order chi connectivity index (χ0) is 49.7. The summed E-state index contributed by atoms with van der Waals surface area (Å²) in [5.74, 6) is -0.619. The zero-order valence-electron chi connectivity index (χ0n) is 41.3. The molecule has 4 aliphatic heterocycles. The minimum absolute atomic E-state index is 0.00112. The molecule has 0 spiro atoms. The molecular weight excluding hydrogens is 918 g/mol. The molecule has 2 aliphatic carbocycles. The van der Waals surface area contributed by atoms with E-state index in [1.165, 1.54) is 6.07 Å². The normalized spacial score (nSPS) is 20.4. The number of aromatic nitrogens is 2. The molecule has 72 heavy (non-hydrogen) atoms. The number of benzene rings is 3. The number of piperazine rings is 2. The third kappa shape index (κ3) is 11.5. The lowest BCUT2D eigenvalue weighted by atomic mass is 9.83. The van der Waals surface area contributed by atoms with Crippen molar-refractivity contribution in [3.05, 3.63) is 105 Å². The second-order valence-electron chi connectivity index (χ2n) is 20.8. The van der Waals surface area contributed by atoms with Crippen molar-refractivity contribution in [1.29, 1.82) is 0 Å². The van der Waals surface area contributed by atoms with Crippen molar-refractivity contribution >= 4 is 46.0 Å². The number of ether oxygens (including phenoxy) is 1. The molecule has 1 atom stereocenters. The number of amides is 5. The van der Waals surface area contributed by atoms with E-state index in [0.29, 0.717) is 79.2 Å². The number of likely N-dealkylation sites (tertiary alicyclic amines) is 2. The van der Waals surface area contributed by atoms with Crippen molar-refractivity contribution in [2.24, 2.45) is 11.8 Å². The van der Waals surface area contributed by atoms with Crippen LogP contribution in [0.15, 0.2) is 71.5 Å². The van der Waals surface area contributed by atoms with Gasteiger partial charge in [0, 0.05) is 108 Å². The van der Waals surface area contributed by atoms with Crippen LogP contribution in [0.4, 0.5) is 10.1 Å². The van der Waals surface area contributed by atoms with E-state index in [1.807, 2.05) is 46.2 Å². The summed E-state index contributed by atoms with van der Waals surface area (Å²) in [5, 5.41) is 11.2. The van der Waals surface area contributed by atoms with Crippen LogP contribution in [0.5, 0.6) is 0 Å². The molecule has 6 aliphatic rings. The molecule has 17 heteroatoms. The molecule has 2 saturated carbocycles. The Morgan fingerprint density at radius 2 is 1.32 bits per heavy atom. The predicted molar refractivity (Wildman–Crippen MR) is 270 cm³/mol. The van der Waals surface area contributed by atoms with Crippen molar-refractivity contribution in [2.75, 3.05) is 90.0 Å². The molecular formula is C55H68FN9O7. The van der Waals surface area contributed by atoms with Crippen LogP contribution in [0.25, 0.3) is 10.8 Å². The van der Waals surface area contributed by atoms with E-state index in [1.54, 1.807) is 34.1 Å². The summed E-state index contributed by atoms with van der Waals surface area (Å²) in [7, 11) is 0. The summed E-state index contributed by atoms with van der Waals surface area (Å²) in [4.78, 5) is 91.6. The summed E-state index contributed by atoms with van der Waals surface area (Å²) in [6, 6.07) is 18.7. The number of hydrogen-bond acceptors (Lipinski definition) is 10. The molecule has 0 unspecified atom stereocenters. The molecule has 4 aromatic rings. The summed E-state index contributed by atoms with van der Waals surface area (Å²) in [6.07, 6.45) is 10.6. The van der Waals surface area contributed by atoms with Crippen LogP contribution >= 0.6 is 0 Å². The molecule has 10 rings (SSSR count). The van der Waals surface area contributed by atoms with E-state index in [0.717, 1.165) is 116 Å². The van der Waals surface area contributed by atoms with Gasteiger partial charge in [-0.15, -0.1) is 0 Å². The van der Waals surface area contributed by atoms with Crippen molar-refractivity contribution in [3.8, 4) is 0 Å². The highest BCUT2D eigenvalue weighted by atomic mass is 19.1.